The van der Waals surface area contributed by atoms with Crippen LogP contribution in [-0.4, -0.2) is 43.5 Å². The fourth-order valence-corrected chi connectivity index (χ4v) is 6.36. The zero-order valence-corrected chi connectivity index (χ0v) is 23.5. The monoisotopic (exact) mass is 584 g/mol. The van der Waals surface area contributed by atoms with Gasteiger partial charge in [-0.25, -0.2) is 4.79 Å². The molecule has 0 fully saturated rings. The lowest BCUT2D eigenvalue weighted by Crippen LogP contribution is -2.50. The molecule has 0 radical (unpaired) electrons. The third kappa shape index (κ3) is 4.89. The highest BCUT2D eigenvalue weighted by Crippen LogP contribution is 2.58. The van der Waals surface area contributed by atoms with E-state index >= 15 is 0 Å². The van der Waals surface area contributed by atoms with E-state index in [-0.39, 0.29) is 32.3 Å². The number of rotatable bonds is 10. The van der Waals surface area contributed by atoms with E-state index in [1.807, 2.05) is 60.7 Å². The number of ether oxygens (including phenoxy) is 4. The van der Waals surface area contributed by atoms with E-state index in [0.717, 1.165) is 33.5 Å². The molecule has 1 N–H and O–H groups in total. The van der Waals surface area contributed by atoms with Crippen LogP contribution in [0, 0.1) is 5.92 Å². The average molecular weight is 585 g/mol. The summed E-state index contributed by atoms with van der Waals surface area (Å²) in [7, 11) is 0. The molecular formula is C34H29ClO7. The number of hydrogen-bond donors (Lipinski definition) is 1. The predicted octanol–water partition coefficient (Wildman–Crippen LogP) is 5.92. The van der Waals surface area contributed by atoms with Crippen LogP contribution in [0.25, 0.3) is 10.8 Å². The largest absolute Gasteiger partial charge is 0.489 e. The number of esters is 2. The molecule has 0 heterocycles. The van der Waals surface area contributed by atoms with Gasteiger partial charge in [0.1, 0.15) is 43.5 Å². The first kappa shape index (κ1) is 27.8. The van der Waals surface area contributed by atoms with Gasteiger partial charge in [0.25, 0.3) is 0 Å². The van der Waals surface area contributed by atoms with Gasteiger partial charge in [0, 0.05) is 27.8 Å². The highest BCUT2D eigenvalue weighted by molar-refractivity contribution is 6.30. The molecular weight excluding hydrogens is 556 g/mol. The summed E-state index contributed by atoms with van der Waals surface area (Å²) in [5, 5.41) is 14.4. The van der Waals surface area contributed by atoms with Crippen LogP contribution in [0.15, 0.2) is 91.5 Å². The minimum Gasteiger partial charge on any atom is -0.489 e. The molecule has 7 rings (SSSR count). The van der Waals surface area contributed by atoms with Gasteiger partial charge in [0.05, 0.1) is 5.92 Å². The summed E-state index contributed by atoms with van der Waals surface area (Å²) >= 11 is 6.30. The normalized spacial score (nSPS) is 19.9. The molecule has 7 nitrogen and oxygen atoms in total. The van der Waals surface area contributed by atoms with Gasteiger partial charge in [0.2, 0.25) is 0 Å². The summed E-state index contributed by atoms with van der Waals surface area (Å²) in [6.07, 6.45) is 1.54. The first-order valence-corrected chi connectivity index (χ1v) is 14.1. The second-order valence-electron chi connectivity index (χ2n) is 10.3. The smallest absolute Gasteiger partial charge is 0.330 e. The Hall–Kier alpha value is -4.33. The van der Waals surface area contributed by atoms with Crippen molar-refractivity contribution in [1.82, 2.24) is 0 Å². The summed E-state index contributed by atoms with van der Waals surface area (Å²) in [4.78, 5) is 24.7. The Kier molecular flexibility index (Phi) is 7.62. The van der Waals surface area contributed by atoms with Crippen molar-refractivity contribution in [1.29, 1.82) is 0 Å². The van der Waals surface area contributed by atoms with Gasteiger partial charge in [-0.1, -0.05) is 72.8 Å². The van der Waals surface area contributed by atoms with Gasteiger partial charge in [-0.2, -0.15) is 0 Å². The van der Waals surface area contributed by atoms with E-state index in [0.29, 0.717) is 28.5 Å². The van der Waals surface area contributed by atoms with Crippen molar-refractivity contribution in [2.45, 2.75) is 17.9 Å². The van der Waals surface area contributed by atoms with Crippen molar-refractivity contribution in [2.24, 2.45) is 5.92 Å². The molecule has 0 aromatic heterocycles. The second kappa shape index (κ2) is 11.5. The molecule has 4 aromatic rings. The van der Waals surface area contributed by atoms with Gasteiger partial charge in [-0.3, -0.25) is 4.79 Å². The van der Waals surface area contributed by atoms with Crippen LogP contribution in [0.1, 0.15) is 34.6 Å². The van der Waals surface area contributed by atoms with Crippen molar-refractivity contribution in [3.8, 4) is 11.5 Å². The van der Waals surface area contributed by atoms with Gasteiger partial charge in [-0.15, -0.1) is 0 Å². The Bertz CT molecular complexity index is 1680. The molecule has 0 aliphatic heterocycles. The standard InChI is InChI=1S/C34H29ClO7/c1-2-32(36)41-17-15-39-30-13-14-31(24-9-4-3-8-23(24)30)40-16-18-42-33(37)29-20-25-22-7-5-6-10-27(22)34(29,38)28-12-11-21(35)19-26(25)28/h2-14,19,25,29,38H,1,15-18,20H2. The molecule has 2 bridgehead atoms. The number of hydrogen-bond acceptors (Lipinski definition) is 7. The van der Waals surface area contributed by atoms with Crippen LogP contribution in [-0.2, 0) is 24.7 Å². The van der Waals surface area contributed by atoms with Gasteiger partial charge in [-0.05, 0) is 52.9 Å². The molecule has 3 aliphatic carbocycles. The predicted molar refractivity (Wildman–Crippen MR) is 158 cm³/mol. The van der Waals surface area contributed by atoms with E-state index in [4.69, 9.17) is 30.5 Å². The summed E-state index contributed by atoms with van der Waals surface area (Å²) in [6, 6.07) is 24.3. The fraction of sp³-hybridized carbons (Fsp3) is 0.235. The minimum atomic E-state index is -1.50. The summed E-state index contributed by atoms with van der Waals surface area (Å²) in [5.41, 5.74) is 1.90. The van der Waals surface area contributed by atoms with Gasteiger partial charge < -0.3 is 24.1 Å². The first-order valence-electron chi connectivity index (χ1n) is 13.8. The molecule has 214 valence electrons. The molecule has 4 aromatic carbocycles. The van der Waals surface area contributed by atoms with Crippen molar-refractivity contribution in [3.05, 3.63) is 119 Å². The lowest BCUT2D eigenvalue weighted by Gasteiger charge is -2.50. The van der Waals surface area contributed by atoms with E-state index < -0.39 is 23.5 Å². The second-order valence-corrected chi connectivity index (χ2v) is 10.7. The number of halogens is 1. The Morgan fingerprint density at radius 2 is 1.45 bits per heavy atom. The Labute approximate surface area is 248 Å². The number of fused-ring (bicyclic) bond motifs is 2. The van der Waals surface area contributed by atoms with Crippen LogP contribution in [0.5, 0.6) is 11.5 Å². The Morgan fingerprint density at radius 3 is 2.14 bits per heavy atom. The molecule has 3 unspecified atom stereocenters. The van der Waals surface area contributed by atoms with Crippen molar-refractivity contribution in [3.63, 3.8) is 0 Å². The van der Waals surface area contributed by atoms with Crippen LogP contribution in [0.4, 0.5) is 0 Å². The third-order valence-electron chi connectivity index (χ3n) is 7.99. The number of aliphatic hydroxyl groups is 1. The SMILES string of the molecule is C=CC(=O)OCCOc1ccc(OCCOC(=O)C2CC3c4ccccc4C2(O)c2ccc(Cl)cc23)c2ccccc12. The van der Waals surface area contributed by atoms with E-state index in [1.165, 1.54) is 0 Å². The maximum Gasteiger partial charge on any atom is 0.330 e. The van der Waals surface area contributed by atoms with Gasteiger partial charge >= 0.3 is 11.9 Å². The molecule has 8 heteroatoms. The average Bonchev–Trinajstić information content (AvgIpc) is 3.01. The number of carbonyl (C=O) groups excluding carboxylic acids is 2. The van der Waals surface area contributed by atoms with Crippen LogP contribution < -0.4 is 9.47 Å². The molecule has 0 amide bonds. The number of carbonyl (C=O) groups is 2. The van der Waals surface area contributed by atoms with Crippen molar-refractivity contribution < 1.29 is 33.6 Å². The fourth-order valence-electron chi connectivity index (χ4n) is 6.17. The van der Waals surface area contributed by atoms with E-state index in [1.54, 1.807) is 18.2 Å². The zero-order valence-electron chi connectivity index (χ0n) is 22.8. The molecule has 3 atom stereocenters. The van der Waals surface area contributed by atoms with Crippen LogP contribution >= 0.6 is 11.6 Å². The van der Waals surface area contributed by atoms with Crippen molar-refractivity contribution >= 4 is 34.3 Å². The highest BCUT2D eigenvalue weighted by atomic mass is 35.5. The summed E-state index contributed by atoms with van der Waals surface area (Å²) in [6.45, 7) is 3.81. The Balaban J connectivity index is 1.12. The number of benzene rings is 4. The highest BCUT2D eigenvalue weighted by Gasteiger charge is 2.56. The first-order chi connectivity index (χ1) is 20.4. The molecule has 42 heavy (non-hydrogen) atoms. The lowest BCUT2D eigenvalue weighted by atomic mass is 9.56. The topological polar surface area (TPSA) is 91.3 Å². The van der Waals surface area contributed by atoms with E-state index in [9.17, 15) is 14.7 Å². The van der Waals surface area contributed by atoms with E-state index in [2.05, 4.69) is 6.58 Å². The van der Waals surface area contributed by atoms with Crippen LogP contribution in [0.3, 0.4) is 0 Å². The van der Waals surface area contributed by atoms with Crippen LogP contribution in [0.2, 0.25) is 5.02 Å². The summed E-state index contributed by atoms with van der Waals surface area (Å²) in [5.74, 6) is -0.541. The Morgan fingerprint density at radius 1 is 0.833 bits per heavy atom. The lowest BCUT2D eigenvalue weighted by molar-refractivity contribution is -0.160. The zero-order chi connectivity index (χ0) is 29.3. The van der Waals surface area contributed by atoms with Gasteiger partial charge in [0.15, 0.2) is 0 Å². The quantitative estimate of drug-likeness (QED) is 0.140. The molecule has 0 spiro atoms. The van der Waals surface area contributed by atoms with Crippen molar-refractivity contribution in [2.75, 3.05) is 26.4 Å². The maximum atomic E-state index is 13.4. The molecule has 3 aliphatic rings. The minimum absolute atomic E-state index is 0.0203. The molecule has 0 saturated carbocycles. The molecule has 0 saturated heterocycles. The maximum absolute atomic E-state index is 13.4. The summed E-state index contributed by atoms with van der Waals surface area (Å²) < 4.78 is 22.5. The third-order valence-corrected chi connectivity index (χ3v) is 8.22.